The van der Waals surface area contributed by atoms with E-state index in [-0.39, 0.29) is 29.2 Å². The van der Waals surface area contributed by atoms with Crippen LogP contribution in [-0.4, -0.2) is 30.4 Å². The van der Waals surface area contributed by atoms with Crippen LogP contribution in [0.3, 0.4) is 0 Å². The van der Waals surface area contributed by atoms with Crippen LogP contribution in [0.1, 0.15) is 65.7 Å². The first-order chi connectivity index (χ1) is 13.3. The van der Waals surface area contributed by atoms with Crippen LogP contribution in [0.4, 0.5) is 11.4 Å². The van der Waals surface area contributed by atoms with Gasteiger partial charge in [-0.05, 0) is 90.0 Å². The second kappa shape index (κ2) is 8.97. The van der Waals surface area contributed by atoms with E-state index >= 15 is 0 Å². The fourth-order valence-corrected chi connectivity index (χ4v) is 4.24. The third-order valence-corrected chi connectivity index (χ3v) is 5.82. The molecule has 0 atom stereocenters. The lowest BCUT2D eigenvalue weighted by Crippen LogP contribution is -2.45. The van der Waals surface area contributed by atoms with Crippen LogP contribution in [0.2, 0.25) is 0 Å². The van der Waals surface area contributed by atoms with Crippen LogP contribution < -0.4 is 15.5 Å². The Kier molecular flexibility index (Phi) is 6.63. The number of rotatable bonds is 4. The Balaban J connectivity index is 1.47. The molecular weight excluding hydrogens is 350 g/mol. The monoisotopic (exact) mass is 385 g/mol. The van der Waals surface area contributed by atoms with Gasteiger partial charge in [-0.2, -0.15) is 0 Å². The first kappa shape index (κ1) is 20.7. The molecule has 2 amide bonds. The Morgan fingerprint density at radius 3 is 1.93 bits per heavy atom. The van der Waals surface area contributed by atoms with Gasteiger partial charge >= 0.3 is 0 Å². The molecule has 154 valence electrons. The number of hydrogen-bond acceptors (Lipinski definition) is 3. The highest BCUT2D eigenvalue weighted by molar-refractivity contribution is 5.93. The first-order valence-electron chi connectivity index (χ1n) is 10.8. The summed E-state index contributed by atoms with van der Waals surface area (Å²) in [7, 11) is 0. The maximum absolute atomic E-state index is 12.6. The van der Waals surface area contributed by atoms with Crippen LogP contribution in [0, 0.1) is 11.8 Å². The summed E-state index contributed by atoms with van der Waals surface area (Å²) >= 11 is 0. The topological polar surface area (TPSA) is 61.4 Å². The molecule has 0 aromatic heterocycles. The molecule has 0 bridgehead atoms. The van der Waals surface area contributed by atoms with Gasteiger partial charge in [-0.1, -0.05) is 0 Å². The average molecular weight is 386 g/mol. The lowest BCUT2D eigenvalue weighted by atomic mass is 9.81. The molecular formula is C23H35N3O2. The smallest absolute Gasteiger partial charge is 0.227 e. The van der Waals surface area contributed by atoms with Gasteiger partial charge < -0.3 is 15.5 Å². The van der Waals surface area contributed by atoms with E-state index < -0.39 is 0 Å². The molecule has 2 N–H and O–H groups in total. The Bertz CT molecular complexity index is 664. The molecule has 2 aliphatic rings. The number of amides is 2. The molecule has 0 radical (unpaired) electrons. The average Bonchev–Trinajstić information content (AvgIpc) is 2.68. The first-order valence-corrected chi connectivity index (χ1v) is 10.8. The molecule has 1 saturated carbocycles. The Morgan fingerprint density at radius 2 is 1.39 bits per heavy atom. The van der Waals surface area contributed by atoms with E-state index in [0.717, 1.165) is 44.5 Å². The SMILES string of the molecule is CC(C)(C)NC(=O)C1CCC(C(=O)Nc2ccc(N3CCCCC3)cc2)CC1. The molecule has 28 heavy (non-hydrogen) atoms. The molecule has 1 aliphatic heterocycles. The molecule has 1 aliphatic carbocycles. The van der Waals surface area contributed by atoms with Crippen LogP contribution >= 0.6 is 0 Å². The maximum Gasteiger partial charge on any atom is 0.227 e. The van der Waals surface area contributed by atoms with Crippen molar-refractivity contribution in [3.8, 4) is 0 Å². The number of carbonyl (C=O) groups excluding carboxylic acids is 2. The van der Waals surface area contributed by atoms with Crippen LogP contribution in [0.25, 0.3) is 0 Å². The molecule has 1 saturated heterocycles. The minimum Gasteiger partial charge on any atom is -0.372 e. The number of nitrogens with one attached hydrogen (secondary N) is 2. The van der Waals surface area contributed by atoms with Crippen molar-refractivity contribution in [1.29, 1.82) is 0 Å². The number of anilines is 2. The molecule has 2 fully saturated rings. The third-order valence-electron chi connectivity index (χ3n) is 5.82. The van der Waals surface area contributed by atoms with Crippen molar-refractivity contribution in [2.24, 2.45) is 11.8 Å². The van der Waals surface area contributed by atoms with Gasteiger partial charge in [0, 0.05) is 41.8 Å². The normalized spacial score (nSPS) is 23.2. The molecule has 1 heterocycles. The van der Waals surface area contributed by atoms with Gasteiger partial charge in [0.15, 0.2) is 0 Å². The maximum atomic E-state index is 12.6. The van der Waals surface area contributed by atoms with Crippen molar-refractivity contribution < 1.29 is 9.59 Å². The number of hydrogen-bond donors (Lipinski definition) is 2. The van der Waals surface area contributed by atoms with Gasteiger partial charge in [-0.15, -0.1) is 0 Å². The van der Waals surface area contributed by atoms with Crippen molar-refractivity contribution in [1.82, 2.24) is 5.32 Å². The minimum atomic E-state index is -0.203. The lowest BCUT2D eigenvalue weighted by Gasteiger charge is -2.30. The highest BCUT2D eigenvalue weighted by atomic mass is 16.2. The van der Waals surface area contributed by atoms with E-state index in [1.807, 2.05) is 32.9 Å². The summed E-state index contributed by atoms with van der Waals surface area (Å²) < 4.78 is 0. The second-order valence-electron chi connectivity index (χ2n) is 9.37. The molecule has 0 unspecified atom stereocenters. The Labute approximate surface area is 169 Å². The van der Waals surface area contributed by atoms with Crippen molar-refractivity contribution in [2.75, 3.05) is 23.3 Å². The zero-order valence-electron chi connectivity index (χ0n) is 17.6. The Hall–Kier alpha value is -2.04. The molecule has 1 aromatic carbocycles. The Morgan fingerprint density at radius 1 is 0.857 bits per heavy atom. The van der Waals surface area contributed by atoms with E-state index in [0.29, 0.717) is 0 Å². The summed E-state index contributed by atoms with van der Waals surface area (Å²) in [6.07, 6.45) is 6.97. The summed E-state index contributed by atoms with van der Waals surface area (Å²) in [5.41, 5.74) is 1.90. The molecule has 1 aromatic rings. The van der Waals surface area contributed by atoms with Crippen LogP contribution in [0.5, 0.6) is 0 Å². The van der Waals surface area contributed by atoms with E-state index in [4.69, 9.17) is 0 Å². The number of nitrogens with zero attached hydrogens (tertiary/aromatic N) is 1. The zero-order chi connectivity index (χ0) is 20.1. The predicted octanol–water partition coefficient (Wildman–Crippen LogP) is 4.34. The van der Waals surface area contributed by atoms with E-state index in [1.54, 1.807) is 0 Å². The molecule has 5 nitrogen and oxygen atoms in total. The molecule has 0 spiro atoms. The summed E-state index contributed by atoms with van der Waals surface area (Å²) in [6.45, 7) is 8.25. The van der Waals surface area contributed by atoms with Crippen molar-refractivity contribution in [2.45, 2.75) is 71.3 Å². The van der Waals surface area contributed by atoms with Crippen molar-refractivity contribution in [3.63, 3.8) is 0 Å². The summed E-state index contributed by atoms with van der Waals surface area (Å²) in [5.74, 6) is 0.243. The molecule has 5 heteroatoms. The zero-order valence-corrected chi connectivity index (χ0v) is 17.6. The summed E-state index contributed by atoms with van der Waals surface area (Å²) in [5, 5.41) is 6.13. The van der Waals surface area contributed by atoms with E-state index in [9.17, 15) is 9.59 Å². The second-order valence-corrected chi connectivity index (χ2v) is 9.37. The highest BCUT2D eigenvalue weighted by Crippen LogP contribution is 2.30. The summed E-state index contributed by atoms with van der Waals surface area (Å²) in [6, 6.07) is 8.22. The van der Waals surface area contributed by atoms with Gasteiger partial charge in [0.1, 0.15) is 0 Å². The van der Waals surface area contributed by atoms with Gasteiger partial charge in [-0.25, -0.2) is 0 Å². The fourth-order valence-electron chi connectivity index (χ4n) is 4.24. The lowest BCUT2D eigenvalue weighted by molar-refractivity contribution is -0.129. The van der Waals surface area contributed by atoms with E-state index in [1.165, 1.54) is 24.9 Å². The minimum absolute atomic E-state index is 0.000424. The number of carbonyl (C=O) groups is 2. The molecule has 3 rings (SSSR count). The third kappa shape index (κ3) is 5.73. The summed E-state index contributed by atoms with van der Waals surface area (Å²) in [4.78, 5) is 27.4. The number of piperidine rings is 1. The highest BCUT2D eigenvalue weighted by Gasteiger charge is 2.31. The van der Waals surface area contributed by atoms with Gasteiger partial charge in [0.05, 0.1) is 0 Å². The fraction of sp³-hybridized carbons (Fsp3) is 0.652. The van der Waals surface area contributed by atoms with Crippen molar-refractivity contribution in [3.05, 3.63) is 24.3 Å². The van der Waals surface area contributed by atoms with Crippen LogP contribution in [0.15, 0.2) is 24.3 Å². The predicted molar refractivity (Wildman–Crippen MR) is 114 cm³/mol. The van der Waals surface area contributed by atoms with Gasteiger partial charge in [-0.3, -0.25) is 9.59 Å². The van der Waals surface area contributed by atoms with Gasteiger partial charge in [0.25, 0.3) is 0 Å². The van der Waals surface area contributed by atoms with Gasteiger partial charge in [0.2, 0.25) is 11.8 Å². The number of benzene rings is 1. The van der Waals surface area contributed by atoms with Crippen LogP contribution in [-0.2, 0) is 9.59 Å². The quantitative estimate of drug-likeness (QED) is 0.811. The standard InChI is InChI=1S/C23H35N3O2/c1-23(2,3)25-22(28)18-9-7-17(8-10-18)21(27)24-19-11-13-20(14-12-19)26-15-5-4-6-16-26/h11-14,17-18H,4-10,15-16H2,1-3H3,(H,24,27)(H,25,28). The van der Waals surface area contributed by atoms with Crippen molar-refractivity contribution >= 4 is 23.2 Å². The largest absolute Gasteiger partial charge is 0.372 e. The van der Waals surface area contributed by atoms with E-state index in [2.05, 4.69) is 27.7 Å².